The molecule has 0 aromatic heterocycles. The molecule has 0 bridgehead atoms. The second-order valence-electron chi connectivity index (χ2n) is 11.4. The Hall–Kier alpha value is -2.80. The van der Waals surface area contributed by atoms with E-state index in [-0.39, 0.29) is 35.4 Å². The number of halogens is 3. The normalized spacial score (nSPS) is 22.7. The molecule has 0 saturated heterocycles. The van der Waals surface area contributed by atoms with E-state index in [9.17, 15) is 9.18 Å². The Morgan fingerprint density at radius 2 is 1.46 bits per heavy atom. The van der Waals surface area contributed by atoms with E-state index in [4.69, 9.17) is 14.2 Å². The van der Waals surface area contributed by atoms with Gasteiger partial charge in [-0.1, -0.05) is 31.6 Å². The van der Waals surface area contributed by atoms with Gasteiger partial charge >= 0.3 is 5.97 Å². The largest absolute Gasteiger partial charge is 0.491 e. The zero-order chi connectivity index (χ0) is 29.2. The second kappa shape index (κ2) is 15.4. The van der Waals surface area contributed by atoms with Crippen molar-refractivity contribution in [2.24, 2.45) is 0 Å². The molecule has 224 valence electrons. The van der Waals surface area contributed by atoms with Crippen LogP contribution in [-0.2, 0) is 9.47 Å². The van der Waals surface area contributed by atoms with Crippen molar-refractivity contribution < 1.29 is 32.2 Å². The molecular formula is C34H43F3O4. The van der Waals surface area contributed by atoms with Crippen LogP contribution in [0.5, 0.6) is 5.75 Å². The lowest BCUT2D eigenvalue weighted by molar-refractivity contribution is 0.0192. The van der Waals surface area contributed by atoms with Crippen molar-refractivity contribution in [2.45, 2.75) is 108 Å². The van der Waals surface area contributed by atoms with E-state index in [0.717, 1.165) is 64.0 Å². The average Bonchev–Trinajstić information content (AvgIpc) is 2.98. The fraction of sp³-hybridized carbons (Fsp3) is 0.559. The monoisotopic (exact) mass is 572 g/mol. The van der Waals surface area contributed by atoms with Crippen molar-refractivity contribution >= 4 is 5.97 Å². The topological polar surface area (TPSA) is 44.8 Å². The van der Waals surface area contributed by atoms with Crippen LogP contribution < -0.4 is 4.74 Å². The molecule has 2 saturated carbocycles. The SMILES string of the molecule is C=CCCCOc1ccc(C(=O)OC2CCC(c3ccc(C4CCC(OCCCC)CC4)c(F)c3F)CC2)cc1F. The van der Waals surface area contributed by atoms with Gasteiger partial charge in [0, 0.05) is 6.61 Å². The molecule has 0 aliphatic heterocycles. The first-order valence-corrected chi connectivity index (χ1v) is 15.2. The van der Waals surface area contributed by atoms with Gasteiger partial charge in [-0.05, 0) is 112 Å². The van der Waals surface area contributed by atoms with Crippen molar-refractivity contribution in [3.05, 3.63) is 77.1 Å². The highest BCUT2D eigenvalue weighted by atomic mass is 19.2. The standard InChI is InChI=1S/C34H43F3O4/c1-3-5-7-21-40-31-19-12-25(22-30(31)35)34(38)41-27-15-10-24(11-16-27)29-18-17-28(32(36)33(29)37)23-8-13-26(14-9-23)39-20-6-4-2/h3,12,17-19,22-24,26-27H,1,4-11,13-16,20-21H2,2H3. The highest BCUT2D eigenvalue weighted by Crippen LogP contribution is 2.40. The molecule has 41 heavy (non-hydrogen) atoms. The van der Waals surface area contributed by atoms with Gasteiger partial charge in [-0.3, -0.25) is 0 Å². The summed E-state index contributed by atoms with van der Waals surface area (Å²) in [6, 6.07) is 7.57. The smallest absolute Gasteiger partial charge is 0.338 e. The van der Waals surface area contributed by atoms with Gasteiger partial charge in [0.15, 0.2) is 23.2 Å². The van der Waals surface area contributed by atoms with Crippen LogP contribution >= 0.6 is 0 Å². The minimum absolute atomic E-state index is 0.0162. The quantitative estimate of drug-likeness (QED) is 0.136. The minimum Gasteiger partial charge on any atom is -0.491 e. The molecule has 0 heterocycles. The van der Waals surface area contributed by atoms with Crippen LogP contribution in [0.15, 0.2) is 43.0 Å². The van der Waals surface area contributed by atoms with E-state index >= 15 is 8.78 Å². The lowest BCUT2D eigenvalue weighted by Crippen LogP contribution is -2.25. The average molecular weight is 573 g/mol. The summed E-state index contributed by atoms with van der Waals surface area (Å²) in [7, 11) is 0. The van der Waals surface area contributed by atoms with Crippen molar-refractivity contribution in [3.63, 3.8) is 0 Å². The molecule has 0 unspecified atom stereocenters. The Balaban J connectivity index is 1.27. The molecule has 0 amide bonds. The Labute approximate surface area is 242 Å². The zero-order valence-electron chi connectivity index (χ0n) is 24.1. The third kappa shape index (κ3) is 8.37. The summed E-state index contributed by atoms with van der Waals surface area (Å²) in [5, 5.41) is 0. The van der Waals surface area contributed by atoms with Crippen LogP contribution in [-0.4, -0.2) is 31.4 Å². The molecule has 0 radical (unpaired) electrons. The maximum absolute atomic E-state index is 15.3. The van der Waals surface area contributed by atoms with Crippen LogP contribution in [0, 0.1) is 17.5 Å². The van der Waals surface area contributed by atoms with Crippen molar-refractivity contribution in [3.8, 4) is 5.75 Å². The molecule has 0 N–H and O–H groups in total. The van der Waals surface area contributed by atoms with Crippen molar-refractivity contribution in [1.82, 2.24) is 0 Å². The fourth-order valence-electron chi connectivity index (χ4n) is 6.01. The van der Waals surface area contributed by atoms with E-state index in [2.05, 4.69) is 13.5 Å². The Morgan fingerprint density at radius 1 is 0.854 bits per heavy atom. The first-order valence-electron chi connectivity index (χ1n) is 15.2. The number of unbranched alkanes of at least 4 members (excludes halogenated alkanes) is 2. The molecule has 2 aromatic carbocycles. The zero-order valence-corrected chi connectivity index (χ0v) is 24.1. The van der Waals surface area contributed by atoms with E-state index in [1.165, 1.54) is 12.1 Å². The molecule has 2 aromatic rings. The van der Waals surface area contributed by atoms with Crippen LogP contribution in [0.1, 0.15) is 117 Å². The maximum Gasteiger partial charge on any atom is 0.338 e. The maximum atomic E-state index is 15.3. The summed E-state index contributed by atoms with van der Waals surface area (Å²) in [4.78, 5) is 12.6. The number of rotatable bonds is 13. The molecule has 4 nitrogen and oxygen atoms in total. The Morgan fingerprint density at radius 3 is 2.02 bits per heavy atom. The van der Waals surface area contributed by atoms with E-state index < -0.39 is 23.4 Å². The lowest BCUT2D eigenvalue weighted by atomic mass is 9.79. The third-order valence-electron chi connectivity index (χ3n) is 8.47. The molecule has 0 spiro atoms. The summed E-state index contributed by atoms with van der Waals surface area (Å²) in [6.45, 7) is 6.90. The van der Waals surface area contributed by atoms with Crippen LogP contribution in [0.3, 0.4) is 0 Å². The number of hydrogen-bond acceptors (Lipinski definition) is 4. The van der Waals surface area contributed by atoms with E-state index in [1.54, 1.807) is 18.2 Å². The number of ether oxygens (including phenoxy) is 3. The van der Waals surface area contributed by atoms with E-state index in [1.807, 2.05) is 0 Å². The molecule has 2 aliphatic carbocycles. The first-order chi connectivity index (χ1) is 19.9. The van der Waals surface area contributed by atoms with Gasteiger partial charge in [0.25, 0.3) is 0 Å². The number of carbonyl (C=O) groups excluding carboxylic acids is 1. The van der Waals surface area contributed by atoms with Gasteiger partial charge in [0.05, 0.1) is 18.3 Å². The number of hydrogen-bond donors (Lipinski definition) is 0. The van der Waals surface area contributed by atoms with Gasteiger partial charge in [-0.25, -0.2) is 18.0 Å². The Bertz CT molecular complexity index is 1150. The van der Waals surface area contributed by atoms with Gasteiger partial charge in [0.1, 0.15) is 6.10 Å². The molecule has 2 aliphatic rings. The number of allylic oxidation sites excluding steroid dienone is 1. The van der Waals surface area contributed by atoms with Crippen molar-refractivity contribution in [1.29, 1.82) is 0 Å². The fourth-order valence-corrected chi connectivity index (χ4v) is 6.01. The Kier molecular flexibility index (Phi) is 11.7. The molecule has 0 atom stereocenters. The van der Waals surface area contributed by atoms with Gasteiger partial charge in [-0.15, -0.1) is 6.58 Å². The molecule has 2 fully saturated rings. The molecular weight excluding hydrogens is 529 g/mol. The van der Waals surface area contributed by atoms with Gasteiger partial charge < -0.3 is 14.2 Å². The highest BCUT2D eigenvalue weighted by molar-refractivity contribution is 5.89. The predicted octanol–water partition coefficient (Wildman–Crippen LogP) is 9.17. The summed E-state index contributed by atoms with van der Waals surface area (Å²) >= 11 is 0. The van der Waals surface area contributed by atoms with Crippen LogP contribution in [0.2, 0.25) is 0 Å². The summed E-state index contributed by atoms with van der Waals surface area (Å²) in [6.07, 6.45) is 10.9. The third-order valence-corrected chi connectivity index (χ3v) is 8.47. The number of benzene rings is 2. The van der Waals surface area contributed by atoms with Crippen molar-refractivity contribution in [2.75, 3.05) is 13.2 Å². The number of esters is 1. The molecule has 4 rings (SSSR count). The minimum atomic E-state index is -0.744. The first kappa shape index (κ1) is 31.1. The molecule has 7 heteroatoms. The summed E-state index contributed by atoms with van der Waals surface area (Å²) in [5.74, 6) is -2.70. The van der Waals surface area contributed by atoms with E-state index in [0.29, 0.717) is 43.4 Å². The summed E-state index contributed by atoms with van der Waals surface area (Å²) in [5.41, 5.74) is 0.993. The number of carbonyl (C=O) groups is 1. The van der Waals surface area contributed by atoms with Crippen LogP contribution in [0.25, 0.3) is 0 Å². The second-order valence-corrected chi connectivity index (χ2v) is 11.4. The lowest BCUT2D eigenvalue weighted by Gasteiger charge is -2.31. The van der Waals surface area contributed by atoms with Crippen LogP contribution in [0.4, 0.5) is 13.2 Å². The van der Waals surface area contributed by atoms with Gasteiger partial charge in [0.2, 0.25) is 0 Å². The van der Waals surface area contributed by atoms with Gasteiger partial charge in [-0.2, -0.15) is 0 Å². The highest BCUT2D eigenvalue weighted by Gasteiger charge is 2.31. The predicted molar refractivity (Wildman–Crippen MR) is 154 cm³/mol. The summed E-state index contributed by atoms with van der Waals surface area (Å²) < 4.78 is 61.9.